The largest absolute Gasteiger partial charge is 0.493 e. The van der Waals surface area contributed by atoms with Crippen LogP contribution in [0.15, 0.2) is 18.2 Å². The average molecular weight is 251 g/mol. The van der Waals surface area contributed by atoms with E-state index in [2.05, 4.69) is 0 Å². The van der Waals surface area contributed by atoms with E-state index in [4.69, 9.17) is 15.2 Å². The van der Waals surface area contributed by atoms with E-state index in [1.165, 1.54) is 0 Å². The molecule has 1 unspecified atom stereocenters. The van der Waals surface area contributed by atoms with Gasteiger partial charge in [0.1, 0.15) is 12.2 Å². The van der Waals surface area contributed by atoms with Gasteiger partial charge in [0.15, 0.2) is 11.5 Å². The highest BCUT2D eigenvalue weighted by atomic mass is 16.5. The molecule has 100 valence electrons. The summed E-state index contributed by atoms with van der Waals surface area (Å²) in [6, 6.07) is 5.72. The molecule has 0 aliphatic heterocycles. The van der Waals surface area contributed by atoms with Crippen LogP contribution in [0.5, 0.6) is 11.5 Å². The molecule has 1 aliphatic carbocycles. The third-order valence-electron chi connectivity index (χ3n) is 3.49. The molecule has 1 fully saturated rings. The Morgan fingerprint density at radius 1 is 1.39 bits per heavy atom. The summed E-state index contributed by atoms with van der Waals surface area (Å²) in [5, 5.41) is 10.3. The zero-order chi connectivity index (χ0) is 13.2. The molecule has 0 aromatic heterocycles. The van der Waals surface area contributed by atoms with Gasteiger partial charge in [-0.25, -0.2) is 0 Å². The summed E-state index contributed by atoms with van der Waals surface area (Å²) in [5.41, 5.74) is 5.85. The molecular weight excluding hydrogens is 230 g/mol. The van der Waals surface area contributed by atoms with E-state index in [9.17, 15) is 5.11 Å². The van der Waals surface area contributed by atoms with Gasteiger partial charge in [0.2, 0.25) is 0 Å². The van der Waals surface area contributed by atoms with Crippen LogP contribution in [0.3, 0.4) is 0 Å². The van der Waals surface area contributed by atoms with Crippen LogP contribution in [0.25, 0.3) is 0 Å². The normalized spacial score (nSPS) is 18.2. The number of methoxy groups -OCH3 is 1. The maximum Gasteiger partial charge on any atom is 0.161 e. The van der Waals surface area contributed by atoms with Crippen LogP contribution < -0.4 is 15.2 Å². The fraction of sp³-hybridized carbons (Fsp3) is 0.571. The van der Waals surface area contributed by atoms with E-state index in [0.29, 0.717) is 11.5 Å². The lowest BCUT2D eigenvalue weighted by atomic mass is 9.99. The second-order valence-corrected chi connectivity index (χ2v) is 5.02. The first-order chi connectivity index (χ1) is 8.59. The Morgan fingerprint density at radius 2 is 2.11 bits per heavy atom. The van der Waals surface area contributed by atoms with Crippen molar-refractivity contribution in [1.29, 1.82) is 0 Å². The standard InChI is InChI=1S/C14H21NO3/c1-10-3-6-12(13(7-10)17-2)18-9-14(16,8-15)11-4-5-11/h3,6-7,11,16H,4-5,8-9,15H2,1-2H3. The summed E-state index contributed by atoms with van der Waals surface area (Å²) >= 11 is 0. The minimum absolute atomic E-state index is 0.216. The predicted molar refractivity (Wildman–Crippen MR) is 70.0 cm³/mol. The van der Waals surface area contributed by atoms with Crippen molar-refractivity contribution in [3.63, 3.8) is 0 Å². The molecule has 1 aromatic carbocycles. The number of nitrogens with two attached hydrogens (primary N) is 1. The molecule has 1 atom stereocenters. The highest BCUT2D eigenvalue weighted by Crippen LogP contribution is 2.40. The maximum atomic E-state index is 10.3. The third kappa shape index (κ3) is 2.76. The van der Waals surface area contributed by atoms with Gasteiger partial charge in [0, 0.05) is 6.54 Å². The predicted octanol–water partition coefficient (Wildman–Crippen LogP) is 1.48. The first-order valence-corrected chi connectivity index (χ1v) is 6.29. The van der Waals surface area contributed by atoms with Crippen molar-refractivity contribution in [3.05, 3.63) is 23.8 Å². The second-order valence-electron chi connectivity index (χ2n) is 5.02. The van der Waals surface area contributed by atoms with E-state index in [1.807, 2.05) is 25.1 Å². The Bertz CT molecular complexity index is 418. The molecule has 0 radical (unpaired) electrons. The molecule has 0 bridgehead atoms. The summed E-state index contributed by atoms with van der Waals surface area (Å²) in [5.74, 6) is 1.61. The summed E-state index contributed by atoms with van der Waals surface area (Å²) in [6.45, 7) is 2.44. The lowest BCUT2D eigenvalue weighted by Gasteiger charge is -2.26. The zero-order valence-corrected chi connectivity index (χ0v) is 11.0. The SMILES string of the molecule is COc1cc(C)ccc1OCC(O)(CN)C1CC1. The van der Waals surface area contributed by atoms with Crippen molar-refractivity contribution in [1.82, 2.24) is 0 Å². The van der Waals surface area contributed by atoms with Gasteiger partial charge in [-0.15, -0.1) is 0 Å². The summed E-state index contributed by atoms with van der Waals surface area (Å²) in [7, 11) is 1.61. The summed E-state index contributed by atoms with van der Waals surface area (Å²) in [6.07, 6.45) is 2.06. The average Bonchev–Trinajstić information content (AvgIpc) is 3.21. The lowest BCUT2D eigenvalue weighted by Crippen LogP contribution is -2.45. The Kier molecular flexibility index (Phi) is 3.78. The molecule has 4 nitrogen and oxygen atoms in total. The van der Waals surface area contributed by atoms with Crippen molar-refractivity contribution >= 4 is 0 Å². The van der Waals surface area contributed by atoms with Gasteiger partial charge >= 0.3 is 0 Å². The quantitative estimate of drug-likeness (QED) is 0.804. The van der Waals surface area contributed by atoms with Gasteiger partial charge in [-0.1, -0.05) is 6.07 Å². The molecule has 2 rings (SSSR count). The first-order valence-electron chi connectivity index (χ1n) is 6.29. The van der Waals surface area contributed by atoms with Crippen LogP contribution >= 0.6 is 0 Å². The second kappa shape index (κ2) is 5.16. The Labute approximate surface area is 108 Å². The van der Waals surface area contributed by atoms with Crippen LogP contribution in [-0.4, -0.2) is 31.0 Å². The van der Waals surface area contributed by atoms with Crippen LogP contribution in [0, 0.1) is 12.8 Å². The Hall–Kier alpha value is -1.26. The lowest BCUT2D eigenvalue weighted by molar-refractivity contribution is -0.0168. The third-order valence-corrected chi connectivity index (χ3v) is 3.49. The molecular formula is C14H21NO3. The molecule has 3 N–H and O–H groups in total. The first kappa shape index (κ1) is 13.2. The van der Waals surface area contributed by atoms with Gasteiger partial charge in [0.25, 0.3) is 0 Å². The van der Waals surface area contributed by atoms with Crippen molar-refractivity contribution in [3.8, 4) is 11.5 Å². The fourth-order valence-electron chi connectivity index (χ4n) is 2.06. The van der Waals surface area contributed by atoms with E-state index in [0.717, 1.165) is 18.4 Å². The molecule has 4 heteroatoms. The molecule has 0 heterocycles. The maximum absolute atomic E-state index is 10.3. The Balaban J connectivity index is 2.05. The van der Waals surface area contributed by atoms with E-state index < -0.39 is 5.60 Å². The van der Waals surface area contributed by atoms with Gasteiger partial charge in [-0.3, -0.25) is 0 Å². The summed E-state index contributed by atoms with van der Waals surface area (Å²) < 4.78 is 10.9. The van der Waals surface area contributed by atoms with Crippen molar-refractivity contribution < 1.29 is 14.6 Å². The van der Waals surface area contributed by atoms with Crippen molar-refractivity contribution in [2.75, 3.05) is 20.3 Å². The van der Waals surface area contributed by atoms with Crippen molar-refractivity contribution in [2.24, 2.45) is 11.7 Å². The van der Waals surface area contributed by atoms with E-state index >= 15 is 0 Å². The highest BCUT2D eigenvalue weighted by Gasteiger charge is 2.43. The number of hydrogen-bond acceptors (Lipinski definition) is 4. The molecule has 18 heavy (non-hydrogen) atoms. The minimum Gasteiger partial charge on any atom is -0.493 e. The molecule has 1 aliphatic rings. The molecule has 0 amide bonds. The molecule has 0 spiro atoms. The smallest absolute Gasteiger partial charge is 0.161 e. The Morgan fingerprint density at radius 3 is 2.67 bits per heavy atom. The number of aliphatic hydroxyl groups is 1. The van der Waals surface area contributed by atoms with Gasteiger partial charge < -0.3 is 20.3 Å². The number of hydrogen-bond donors (Lipinski definition) is 2. The van der Waals surface area contributed by atoms with Crippen LogP contribution in [0.2, 0.25) is 0 Å². The van der Waals surface area contributed by atoms with Crippen LogP contribution in [-0.2, 0) is 0 Å². The van der Waals surface area contributed by atoms with Crippen molar-refractivity contribution in [2.45, 2.75) is 25.4 Å². The topological polar surface area (TPSA) is 64.7 Å². The number of aryl methyl sites for hydroxylation is 1. The fourth-order valence-corrected chi connectivity index (χ4v) is 2.06. The number of benzene rings is 1. The zero-order valence-electron chi connectivity index (χ0n) is 11.0. The van der Waals surface area contributed by atoms with Gasteiger partial charge in [-0.2, -0.15) is 0 Å². The minimum atomic E-state index is -0.907. The van der Waals surface area contributed by atoms with Crippen LogP contribution in [0.1, 0.15) is 18.4 Å². The molecule has 1 saturated carbocycles. The monoisotopic (exact) mass is 251 g/mol. The van der Waals surface area contributed by atoms with Gasteiger partial charge in [0.05, 0.1) is 7.11 Å². The van der Waals surface area contributed by atoms with Crippen LogP contribution in [0.4, 0.5) is 0 Å². The van der Waals surface area contributed by atoms with Gasteiger partial charge in [-0.05, 0) is 43.4 Å². The van der Waals surface area contributed by atoms with E-state index in [-0.39, 0.29) is 19.1 Å². The molecule has 1 aromatic rings. The number of rotatable bonds is 6. The summed E-state index contributed by atoms with van der Waals surface area (Å²) in [4.78, 5) is 0. The van der Waals surface area contributed by atoms with E-state index in [1.54, 1.807) is 7.11 Å². The molecule has 0 saturated heterocycles. The number of ether oxygens (including phenoxy) is 2. The highest BCUT2D eigenvalue weighted by molar-refractivity contribution is 5.42.